The third-order valence-electron chi connectivity index (χ3n) is 2.95. The van der Waals surface area contributed by atoms with Gasteiger partial charge in [0.25, 0.3) is 0 Å². The maximum atomic E-state index is 5.50. The molecule has 0 radical (unpaired) electrons. The molecule has 0 unspecified atom stereocenters. The first-order valence-corrected chi connectivity index (χ1v) is 7.66. The Bertz CT molecular complexity index is 524. The molecule has 2 rings (SSSR count). The number of aromatic nitrogens is 2. The van der Waals surface area contributed by atoms with Gasteiger partial charge in [-0.3, -0.25) is 0 Å². The molecule has 0 aliphatic carbocycles. The molecule has 0 bridgehead atoms. The zero-order valence-electron chi connectivity index (χ0n) is 12.5. The molecule has 22 heavy (non-hydrogen) atoms. The topological polar surface area (TPSA) is 39.1 Å². The van der Waals surface area contributed by atoms with Crippen LogP contribution in [0.5, 0.6) is 5.75 Å². The Balaban J connectivity index is 0.00000220. The summed E-state index contributed by atoms with van der Waals surface area (Å²) in [5, 5.41) is 3.45. The van der Waals surface area contributed by atoms with Crippen molar-refractivity contribution in [3.8, 4) is 5.75 Å². The van der Waals surface area contributed by atoms with E-state index in [0.717, 1.165) is 36.3 Å². The van der Waals surface area contributed by atoms with Crippen LogP contribution in [0.2, 0.25) is 0 Å². The summed E-state index contributed by atoms with van der Waals surface area (Å²) in [4.78, 5) is 4.03. The predicted octanol–water partition coefficient (Wildman–Crippen LogP) is 4.07. The van der Waals surface area contributed by atoms with Crippen molar-refractivity contribution >= 4 is 40.7 Å². The molecular weight excluding hydrogens is 389 g/mol. The number of hydrogen-bond acceptors (Lipinski definition) is 3. The monoisotopic (exact) mass is 409 g/mol. The first-order chi connectivity index (χ1) is 9.79. The zero-order valence-corrected chi connectivity index (χ0v) is 15.7. The van der Waals surface area contributed by atoms with E-state index < -0.39 is 0 Å². The van der Waals surface area contributed by atoms with Crippen LogP contribution in [0.1, 0.15) is 18.9 Å². The number of halogens is 3. The molecule has 0 atom stereocenters. The fourth-order valence-electron chi connectivity index (χ4n) is 1.97. The van der Waals surface area contributed by atoms with Gasteiger partial charge >= 0.3 is 0 Å². The first-order valence-electron chi connectivity index (χ1n) is 6.87. The average Bonchev–Trinajstić information content (AvgIpc) is 2.95. The zero-order chi connectivity index (χ0) is 14.2. The molecule has 1 aromatic carbocycles. The number of aryl methyl sites for hydroxylation is 1. The van der Waals surface area contributed by atoms with E-state index in [9.17, 15) is 0 Å². The smallest absolute Gasteiger partial charge is 0.133 e. The highest BCUT2D eigenvalue weighted by atomic mass is 79.9. The fraction of sp³-hybridized carbons (Fsp3) is 0.400. The van der Waals surface area contributed by atoms with Gasteiger partial charge in [-0.25, -0.2) is 4.98 Å². The van der Waals surface area contributed by atoms with Crippen LogP contribution in [0.25, 0.3) is 0 Å². The van der Waals surface area contributed by atoms with Gasteiger partial charge in [-0.05, 0) is 53.5 Å². The van der Waals surface area contributed by atoms with Crippen molar-refractivity contribution in [1.82, 2.24) is 14.9 Å². The average molecular weight is 411 g/mol. The minimum absolute atomic E-state index is 0. The van der Waals surface area contributed by atoms with Crippen molar-refractivity contribution in [2.75, 3.05) is 13.2 Å². The molecule has 7 heteroatoms. The minimum atomic E-state index is 0. The van der Waals surface area contributed by atoms with Gasteiger partial charge in [-0.2, -0.15) is 0 Å². The molecule has 4 nitrogen and oxygen atoms in total. The third kappa shape index (κ3) is 7.01. The van der Waals surface area contributed by atoms with Crippen LogP contribution < -0.4 is 10.1 Å². The van der Waals surface area contributed by atoms with E-state index in [1.54, 1.807) is 0 Å². The van der Waals surface area contributed by atoms with E-state index in [-0.39, 0.29) is 24.8 Å². The van der Waals surface area contributed by atoms with E-state index in [1.807, 2.05) is 31.7 Å². The molecule has 0 saturated heterocycles. The molecule has 2 aromatic rings. The molecule has 0 amide bonds. The van der Waals surface area contributed by atoms with Crippen molar-refractivity contribution in [3.63, 3.8) is 0 Å². The number of ether oxygens (including phenoxy) is 1. The Morgan fingerprint density at radius 1 is 1.32 bits per heavy atom. The van der Waals surface area contributed by atoms with Crippen molar-refractivity contribution in [3.05, 3.63) is 47.0 Å². The standard InChI is InChI=1S/C15H20BrN3O.2ClH/c1-2-20-15-5-4-13(10-14(15)16)11-17-6-3-8-19-9-7-18-12-19;;/h4-5,7,9-10,12,17H,2-3,6,8,11H2,1H3;2*1H. The SMILES string of the molecule is CCOc1ccc(CNCCCn2ccnc2)cc1Br.Cl.Cl. The van der Waals surface area contributed by atoms with Crippen molar-refractivity contribution in [1.29, 1.82) is 0 Å². The number of nitrogens with one attached hydrogen (secondary N) is 1. The number of imidazole rings is 1. The minimum Gasteiger partial charge on any atom is -0.493 e. The summed E-state index contributed by atoms with van der Waals surface area (Å²) < 4.78 is 8.60. The Morgan fingerprint density at radius 2 is 2.14 bits per heavy atom. The van der Waals surface area contributed by atoms with Gasteiger partial charge in [0, 0.05) is 25.5 Å². The lowest BCUT2D eigenvalue weighted by Gasteiger charge is -2.09. The lowest BCUT2D eigenvalue weighted by atomic mass is 10.2. The molecule has 0 spiro atoms. The normalized spacial score (nSPS) is 9.73. The van der Waals surface area contributed by atoms with Gasteiger partial charge < -0.3 is 14.6 Å². The Labute approximate surface area is 152 Å². The Hall–Kier alpha value is -0.750. The number of nitrogens with zero attached hydrogens (tertiary/aromatic N) is 2. The van der Waals surface area contributed by atoms with Crippen molar-refractivity contribution < 1.29 is 4.74 Å². The van der Waals surface area contributed by atoms with Gasteiger partial charge in [-0.1, -0.05) is 6.07 Å². The van der Waals surface area contributed by atoms with Crippen molar-refractivity contribution in [2.45, 2.75) is 26.4 Å². The first kappa shape index (κ1) is 21.2. The molecule has 1 N–H and O–H groups in total. The highest BCUT2D eigenvalue weighted by molar-refractivity contribution is 9.10. The highest BCUT2D eigenvalue weighted by Crippen LogP contribution is 2.25. The summed E-state index contributed by atoms with van der Waals surface area (Å²) in [7, 11) is 0. The lowest BCUT2D eigenvalue weighted by molar-refractivity contribution is 0.338. The van der Waals surface area contributed by atoms with Crippen LogP contribution in [0.3, 0.4) is 0 Å². The van der Waals surface area contributed by atoms with Gasteiger partial charge in [-0.15, -0.1) is 24.8 Å². The summed E-state index contributed by atoms with van der Waals surface area (Å²) in [6.45, 7) is 5.53. The molecule has 124 valence electrons. The Morgan fingerprint density at radius 3 is 2.77 bits per heavy atom. The van der Waals surface area contributed by atoms with Gasteiger partial charge in [0.05, 0.1) is 17.4 Å². The second-order valence-electron chi connectivity index (χ2n) is 4.53. The molecule has 0 aliphatic heterocycles. The number of hydrogen-bond donors (Lipinski definition) is 1. The predicted molar refractivity (Wildman–Crippen MR) is 98.4 cm³/mol. The summed E-state index contributed by atoms with van der Waals surface area (Å²) in [6, 6.07) is 6.21. The lowest BCUT2D eigenvalue weighted by Crippen LogP contribution is -2.16. The quantitative estimate of drug-likeness (QED) is 0.666. The van der Waals surface area contributed by atoms with Gasteiger partial charge in [0.15, 0.2) is 0 Å². The van der Waals surface area contributed by atoms with E-state index in [0.29, 0.717) is 6.61 Å². The number of benzene rings is 1. The van der Waals surface area contributed by atoms with Gasteiger partial charge in [0.1, 0.15) is 5.75 Å². The second kappa shape index (κ2) is 11.8. The molecule has 0 fully saturated rings. The van der Waals surface area contributed by atoms with E-state index >= 15 is 0 Å². The Kier molecular flexibility index (Phi) is 11.4. The maximum absolute atomic E-state index is 5.50. The summed E-state index contributed by atoms with van der Waals surface area (Å²) >= 11 is 3.53. The molecule has 0 aliphatic rings. The van der Waals surface area contributed by atoms with Crippen LogP contribution in [0, 0.1) is 0 Å². The summed E-state index contributed by atoms with van der Waals surface area (Å²) in [5.74, 6) is 0.899. The van der Waals surface area contributed by atoms with Crippen molar-refractivity contribution in [2.24, 2.45) is 0 Å². The van der Waals surface area contributed by atoms with Crippen LogP contribution in [-0.2, 0) is 13.1 Å². The van der Waals surface area contributed by atoms with E-state index in [4.69, 9.17) is 4.74 Å². The maximum Gasteiger partial charge on any atom is 0.133 e. The summed E-state index contributed by atoms with van der Waals surface area (Å²) in [5.41, 5.74) is 1.25. The summed E-state index contributed by atoms with van der Waals surface area (Å²) in [6.07, 6.45) is 6.74. The largest absolute Gasteiger partial charge is 0.493 e. The highest BCUT2D eigenvalue weighted by Gasteiger charge is 2.01. The van der Waals surface area contributed by atoms with E-state index in [1.165, 1.54) is 5.56 Å². The van der Waals surface area contributed by atoms with E-state index in [2.05, 4.69) is 42.9 Å². The molecule has 0 saturated carbocycles. The third-order valence-corrected chi connectivity index (χ3v) is 3.57. The fourth-order valence-corrected chi connectivity index (χ4v) is 2.51. The molecular formula is C15H22BrCl2N3O. The van der Waals surface area contributed by atoms with Crippen LogP contribution in [-0.4, -0.2) is 22.7 Å². The number of rotatable bonds is 8. The molecule has 1 heterocycles. The van der Waals surface area contributed by atoms with Crippen LogP contribution in [0.15, 0.2) is 41.4 Å². The molecule has 1 aromatic heterocycles. The van der Waals surface area contributed by atoms with Gasteiger partial charge in [0.2, 0.25) is 0 Å². The van der Waals surface area contributed by atoms with Crippen LogP contribution >= 0.6 is 40.7 Å². The second-order valence-corrected chi connectivity index (χ2v) is 5.38. The van der Waals surface area contributed by atoms with Crippen LogP contribution in [0.4, 0.5) is 0 Å².